The minimum atomic E-state index is -0.0689. The molecule has 3 heteroatoms. The van der Waals surface area contributed by atoms with Gasteiger partial charge >= 0.3 is 0 Å². The second-order valence-corrected chi connectivity index (χ2v) is 3.64. The van der Waals surface area contributed by atoms with Gasteiger partial charge in [-0.25, -0.2) is 0 Å². The van der Waals surface area contributed by atoms with Crippen molar-refractivity contribution in [3.63, 3.8) is 0 Å². The van der Waals surface area contributed by atoms with Gasteiger partial charge in [-0.2, -0.15) is 4.73 Å². The Balaban J connectivity index is 2.32. The summed E-state index contributed by atoms with van der Waals surface area (Å²) in [5, 5.41) is 10.8. The first-order valence-electron chi connectivity index (χ1n) is 4.97. The Morgan fingerprint density at radius 2 is 1.50 bits per heavy atom. The Hall–Kier alpha value is -2.16. The maximum absolute atomic E-state index is 12.0. The fourth-order valence-corrected chi connectivity index (χ4v) is 1.44. The molecular formula is C13H11NO2. The lowest BCUT2D eigenvalue weighted by atomic mass is 10.0. The highest BCUT2D eigenvalue weighted by atomic mass is 16.5. The number of ketones is 1. The summed E-state index contributed by atoms with van der Waals surface area (Å²) in [5.74, 6) is -0.0689. The lowest BCUT2D eigenvalue weighted by Gasteiger charge is -2.01. The lowest BCUT2D eigenvalue weighted by Crippen LogP contribution is -2.24. The predicted octanol–water partition coefficient (Wildman–Crippen LogP) is 1.86. The number of nitrogens with zero attached hydrogens (tertiary/aromatic N) is 1. The molecule has 0 spiro atoms. The Morgan fingerprint density at radius 3 is 2.06 bits per heavy atom. The summed E-state index contributed by atoms with van der Waals surface area (Å²) >= 11 is 0. The van der Waals surface area contributed by atoms with E-state index in [9.17, 15) is 10.0 Å². The van der Waals surface area contributed by atoms with E-state index in [1.54, 1.807) is 12.1 Å². The van der Waals surface area contributed by atoms with E-state index in [0.717, 1.165) is 5.56 Å². The number of benzene rings is 1. The number of aryl methyl sites for hydroxylation is 1. The van der Waals surface area contributed by atoms with Gasteiger partial charge in [0.2, 0.25) is 0 Å². The van der Waals surface area contributed by atoms with E-state index in [1.807, 2.05) is 19.1 Å². The fraction of sp³-hybridized carbons (Fsp3) is 0.0769. The van der Waals surface area contributed by atoms with Crippen LogP contribution in [-0.4, -0.2) is 5.78 Å². The molecule has 80 valence electrons. The van der Waals surface area contributed by atoms with Gasteiger partial charge in [-0.05, 0) is 6.92 Å². The second kappa shape index (κ2) is 4.14. The van der Waals surface area contributed by atoms with Gasteiger partial charge in [0.15, 0.2) is 18.2 Å². The van der Waals surface area contributed by atoms with Crippen molar-refractivity contribution >= 4 is 5.78 Å². The SMILES string of the molecule is Cc1ccc(C(=O)c2cc[n+]([O-])cc2)cc1. The third-order valence-corrected chi connectivity index (χ3v) is 2.38. The summed E-state index contributed by atoms with van der Waals surface area (Å²) < 4.78 is 0.659. The molecule has 1 heterocycles. The van der Waals surface area contributed by atoms with Crippen molar-refractivity contribution < 1.29 is 9.52 Å². The van der Waals surface area contributed by atoms with Gasteiger partial charge in [0.1, 0.15) is 0 Å². The van der Waals surface area contributed by atoms with Crippen LogP contribution in [-0.2, 0) is 0 Å². The van der Waals surface area contributed by atoms with Crippen LogP contribution in [0.5, 0.6) is 0 Å². The van der Waals surface area contributed by atoms with Gasteiger partial charge in [0.25, 0.3) is 0 Å². The molecule has 0 radical (unpaired) electrons. The van der Waals surface area contributed by atoms with E-state index in [1.165, 1.54) is 24.5 Å². The number of hydrogen-bond acceptors (Lipinski definition) is 2. The molecule has 1 aromatic heterocycles. The highest BCUT2D eigenvalue weighted by molar-refractivity contribution is 6.08. The van der Waals surface area contributed by atoms with Crippen molar-refractivity contribution in [3.8, 4) is 0 Å². The molecule has 0 fully saturated rings. The quantitative estimate of drug-likeness (QED) is 0.434. The van der Waals surface area contributed by atoms with Gasteiger partial charge in [-0.3, -0.25) is 4.79 Å². The highest BCUT2D eigenvalue weighted by Crippen LogP contribution is 2.09. The molecule has 0 aliphatic heterocycles. The van der Waals surface area contributed by atoms with Crippen LogP contribution in [0, 0.1) is 12.1 Å². The second-order valence-electron chi connectivity index (χ2n) is 3.64. The zero-order valence-electron chi connectivity index (χ0n) is 8.88. The number of rotatable bonds is 2. The number of carbonyl (C=O) groups excluding carboxylic acids is 1. The van der Waals surface area contributed by atoms with Gasteiger partial charge in [0, 0.05) is 23.3 Å². The molecule has 16 heavy (non-hydrogen) atoms. The van der Waals surface area contributed by atoms with Crippen molar-refractivity contribution in [2.75, 3.05) is 0 Å². The van der Waals surface area contributed by atoms with Gasteiger partial charge < -0.3 is 5.21 Å². The standard InChI is InChI=1S/C13H11NO2/c1-10-2-4-11(5-3-10)13(15)12-6-8-14(16)9-7-12/h2-9H,1H3. The minimum Gasteiger partial charge on any atom is -0.619 e. The fourth-order valence-electron chi connectivity index (χ4n) is 1.44. The van der Waals surface area contributed by atoms with Crippen LogP contribution in [0.1, 0.15) is 21.5 Å². The molecule has 0 aliphatic carbocycles. The monoisotopic (exact) mass is 213 g/mol. The van der Waals surface area contributed by atoms with Crippen LogP contribution in [0.2, 0.25) is 0 Å². The van der Waals surface area contributed by atoms with E-state index in [0.29, 0.717) is 15.9 Å². The first-order valence-corrected chi connectivity index (χ1v) is 4.97. The summed E-state index contributed by atoms with van der Waals surface area (Å²) in [6.07, 6.45) is 2.64. The highest BCUT2D eigenvalue weighted by Gasteiger charge is 2.09. The van der Waals surface area contributed by atoms with E-state index in [2.05, 4.69) is 0 Å². The average Bonchev–Trinajstić information content (AvgIpc) is 2.30. The van der Waals surface area contributed by atoms with E-state index >= 15 is 0 Å². The molecule has 0 atom stereocenters. The first-order chi connectivity index (χ1) is 7.66. The number of carbonyl (C=O) groups is 1. The van der Waals surface area contributed by atoms with Crippen LogP contribution in [0.3, 0.4) is 0 Å². The van der Waals surface area contributed by atoms with E-state index in [-0.39, 0.29) is 5.78 Å². The first kappa shape index (κ1) is 10.4. The summed E-state index contributed by atoms with van der Waals surface area (Å²) in [7, 11) is 0. The third kappa shape index (κ3) is 2.08. The van der Waals surface area contributed by atoms with Gasteiger partial charge in [-0.1, -0.05) is 29.8 Å². The third-order valence-electron chi connectivity index (χ3n) is 2.38. The Kier molecular flexibility index (Phi) is 2.68. The Bertz CT molecular complexity index is 453. The van der Waals surface area contributed by atoms with Crippen molar-refractivity contribution in [1.82, 2.24) is 0 Å². The van der Waals surface area contributed by atoms with Crippen molar-refractivity contribution in [2.24, 2.45) is 0 Å². The topological polar surface area (TPSA) is 44.0 Å². The molecule has 0 saturated carbocycles. The molecule has 2 rings (SSSR count). The van der Waals surface area contributed by atoms with E-state index in [4.69, 9.17) is 0 Å². The molecule has 2 aromatic rings. The maximum Gasteiger partial charge on any atom is 0.193 e. The molecule has 0 bridgehead atoms. The number of hydrogen-bond donors (Lipinski definition) is 0. The lowest BCUT2D eigenvalue weighted by molar-refractivity contribution is -0.605. The zero-order valence-corrected chi connectivity index (χ0v) is 8.88. The van der Waals surface area contributed by atoms with Crippen LogP contribution in [0.4, 0.5) is 0 Å². The number of aromatic nitrogens is 1. The molecule has 0 amide bonds. The van der Waals surface area contributed by atoms with Gasteiger partial charge in [0.05, 0.1) is 0 Å². The molecule has 0 unspecified atom stereocenters. The smallest absolute Gasteiger partial charge is 0.193 e. The minimum absolute atomic E-state index is 0.0689. The molecule has 0 saturated heterocycles. The van der Waals surface area contributed by atoms with Crippen molar-refractivity contribution in [2.45, 2.75) is 6.92 Å². The van der Waals surface area contributed by atoms with E-state index < -0.39 is 0 Å². The summed E-state index contributed by atoms with van der Waals surface area (Å²) in [6, 6.07) is 10.4. The predicted molar refractivity (Wildman–Crippen MR) is 60.0 cm³/mol. The van der Waals surface area contributed by atoms with Crippen LogP contribution in [0.25, 0.3) is 0 Å². The molecule has 1 aromatic carbocycles. The molecule has 0 N–H and O–H groups in total. The zero-order chi connectivity index (χ0) is 11.5. The molecular weight excluding hydrogens is 202 g/mol. The normalized spacial score (nSPS) is 10.1. The molecule has 0 aliphatic rings. The van der Waals surface area contributed by atoms with Crippen molar-refractivity contribution in [3.05, 3.63) is 70.7 Å². The largest absolute Gasteiger partial charge is 0.619 e. The Labute approximate surface area is 93.6 Å². The van der Waals surface area contributed by atoms with Gasteiger partial charge in [-0.15, -0.1) is 0 Å². The Morgan fingerprint density at radius 1 is 1.00 bits per heavy atom. The van der Waals surface area contributed by atoms with Crippen LogP contribution >= 0.6 is 0 Å². The average molecular weight is 213 g/mol. The summed E-state index contributed by atoms with van der Waals surface area (Å²) in [5.41, 5.74) is 2.27. The maximum atomic E-state index is 12.0. The summed E-state index contributed by atoms with van der Waals surface area (Å²) in [4.78, 5) is 12.0. The summed E-state index contributed by atoms with van der Waals surface area (Å²) in [6.45, 7) is 1.97. The molecule has 3 nitrogen and oxygen atoms in total. The van der Waals surface area contributed by atoms with Crippen LogP contribution in [0.15, 0.2) is 48.8 Å². The number of pyridine rings is 1. The van der Waals surface area contributed by atoms with Crippen LogP contribution < -0.4 is 4.73 Å². The van der Waals surface area contributed by atoms with Crippen molar-refractivity contribution in [1.29, 1.82) is 0 Å².